The van der Waals surface area contributed by atoms with Crippen molar-refractivity contribution in [3.8, 4) is 0 Å². The number of hydrogen-bond acceptors (Lipinski definition) is 3. The summed E-state index contributed by atoms with van der Waals surface area (Å²) < 4.78 is 0. The molecule has 2 heterocycles. The van der Waals surface area contributed by atoms with Gasteiger partial charge in [-0.3, -0.25) is 14.4 Å². The molecule has 0 spiro atoms. The third-order valence-corrected chi connectivity index (χ3v) is 6.10. The highest BCUT2D eigenvalue weighted by Crippen LogP contribution is 2.20. The van der Waals surface area contributed by atoms with Crippen molar-refractivity contribution in [1.82, 2.24) is 15.2 Å². The SMILES string of the molecule is CC(=O)NC(Cc1c[nH]c2ccccc12)C(=O)Nc1ccc(CCC(=O)N2CCCC2)cc1. The van der Waals surface area contributed by atoms with Gasteiger partial charge in [0, 0.05) is 55.6 Å². The topological polar surface area (TPSA) is 94.3 Å². The van der Waals surface area contributed by atoms with Crippen molar-refractivity contribution < 1.29 is 14.4 Å². The minimum Gasteiger partial charge on any atom is -0.361 e. The molecule has 172 valence electrons. The molecule has 3 N–H and O–H groups in total. The number of anilines is 1. The number of benzene rings is 2. The maximum absolute atomic E-state index is 13.0. The summed E-state index contributed by atoms with van der Waals surface area (Å²) in [6, 6.07) is 14.7. The summed E-state index contributed by atoms with van der Waals surface area (Å²) in [5, 5.41) is 6.71. The third-order valence-electron chi connectivity index (χ3n) is 6.10. The molecule has 3 amide bonds. The lowest BCUT2D eigenvalue weighted by Gasteiger charge is -2.18. The summed E-state index contributed by atoms with van der Waals surface area (Å²) in [7, 11) is 0. The number of aromatic nitrogens is 1. The number of carbonyl (C=O) groups is 3. The second-order valence-electron chi connectivity index (χ2n) is 8.59. The minimum atomic E-state index is -0.695. The molecule has 1 saturated heterocycles. The predicted octanol–water partition coefficient (Wildman–Crippen LogP) is 3.41. The van der Waals surface area contributed by atoms with E-state index in [1.54, 1.807) is 0 Å². The Morgan fingerprint density at radius 2 is 1.76 bits per heavy atom. The second-order valence-corrected chi connectivity index (χ2v) is 8.59. The van der Waals surface area contributed by atoms with Crippen molar-refractivity contribution in [2.45, 2.75) is 45.1 Å². The molecule has 33 heavy (non-hydrogen) atoms. The number of para-hydroxylation sites is 1. The summed E-state index contributed by atoms with van der Waals surface area (Å²) in [6.45, 7) is 3.16. The first-order chi connectivity index (χ1) is 16.0. The molecule has 1 fully saturated rings. The van der Waals surface area contributed by atoms with Gasteiger partial charge in [-0.25, -0.2) is 0 Å². The molecule has 1 aromatic heterocycles. The summed E-state index contributed by atoms with van der Waals surface area (Å²) in [4.78, 5) is 42.1. The highest BCUT2D eigenvalue weighted by atomic mass is 16.2. The number of fused-ring (bicyclic) bond motifs is 1. The first-order valence-corrected chi connectivity index (χ1v) is 11.5. The lowest BCUT2D eigenvalue weighted by molar-refractivity contribution is -0.130. The van der Waals surface area contributed by atoms with Crippen LogP contribution in [0.15, 0.2) is 54.7 Å². The van der Waals surface area contributed by atoms with Crippen molar-refractivity contribution in [1.29, 1.82) is 0 Å². The van der Waals surface area contributed by atoms with E-state index >= 15 is 0 Å². The van der Waals surface area contributed by atoms with E-state index in [2.05, 4.69) is 15.6 Å². The van der Waals surface area contributed by atoms with Crippen molar-refractivity contribution in [3.05, 3.63) is 65.9 Å². The monoisotopic (exact) mass is 446 g/mol. The fourth-order valence-electron chi connectivity index (χ4n) is 4.34. The highest BCUT2D eigenvalue weighted by molar-refractivity contribution is 5.97. The van der Waals surface area contributed by atoms with Gasteiger partial charge < -0.3 is 20.5 Å². The number of rotatable bonds is 8. The number of aryl methyl sites for hydroxylation is 1. The molecule has 4 rings (SSSR count). The second kappa shape index (κ2) is 10.3. The van der Waals surface area contributed by atoms with Gasteiger partial charge in [0.25, 0.3) is 0 Å². The number of H-pyrrole nitrogens is 1. The number of hydrogen-bond donors (Lipinski definition) is 3. The van der Waals surface area contributed by atoms with Crippen molar-refractivity contribution in [2.24, 2.45) is 0 Å². The van der Waals surface area contributed by atoms with Crippen molar-refractivity contribution in [3.63, 3.8) is 0 Å². The van der Waals surface area contributed by atoms with Gasteiger partial charge in [-0.05, 0) is 48.6 Å². The van der Waals surface area contributed by atoms with E-state index in [4.69, 9.17) is 0 Å². The number of carbonyl (C=O) groups excluding carboxylic acids is 3. The molecule has 0 saturated carbocycles. The molecular weight excluding hydrogens is 416 g/mol. The molecule has 7 nitrogen and oxygen atoms in total. The Morgan fingerprint density at radius 3 is 2.48 bits per heavy atom. The maximum Gasteiger partial charge on any atom is 0.247 e. The molecule has 0 aliphatic carbocycles. The van der Waals surface area contributed by atoms with E-state index in [-0.39, 0.29) is 17.7 Å². The first kappa shape index (κ1) is 22.6. The van der Waals surface area contributed by atoms with Crippen LogP contribution in [0.2, 0.25) is 0 Å². The smallest absolute Gasteiger partial charge is 0.247 e. The first-order valence-electron chi connectivity index (χ1n) is 11.5. The largest absolute Gasteiger partial charge is 0.361 e. The third kappa shape index (κ3) is 5.80. The molecule has 1 aliphatic rings. The quantitative estimate of drug-likeness (QED) is 0.495. The van der Waals surface area contributed by atoms with E-state index < -0.39 is 6.04 Å². The molecule has 2 aromatic carbocycles. The van der Waals surface area contributed by atoms with Gasteiger partial charge in [-0.15, -0.1) is 0 Å². The number of likely N-dealkylation sites (tertiary alicyclic amines) is 1. The number of nitrogens with zero attached hydrogens (tertiary/aromatic N) is 1. The Hall–Kier alpha value is -3.61. The zero-order chi connectivity index (χ0) is 23.2. The van der Waals surface area contributed by atoms with Crippen LogP contribution in [0.1, 0.15) is 37.3 Å². The van der Waals surface area contributed by atoms with Gasteiger partial charge in [-0.2, -0.15) is 0 Å². The maximum atomic E-state index is 13.0. The van der Waals surface area contributed by atoms with Crippen LogP contribution in [0.25, 0.3) is 10.9 Å². The molecule has 0 radical (unpaired) electrons. The highest BCUT2D eigenvalue weighted by Gasteiger charge is 2.22. The van der Waals surface area contributed by atoms with Crippen LogP contribution >= 0.6 is 0 Å². The van der Waals surface area contributed by atoms with Crippen LogP contribution < -0.4 is 10.6 Å². The molecule has 7 heteroatoms. The van der Waals surface area contributed by atoms with Gasteiger partial charge >= 0.3 is 0 Å². The zero-order valence-corrected chi connectivity index (χ0v) is 18.9. The average Bonchev–Trinajstić information content (AvgIpc) is 3.48. The summed E-state index contributed by atoms with van der Waals surface area (Å²) >= 11 is 0. The lowest BCUT2D eigenvalue weighted by atomic mass is 10.0. The van der Waals surface area contributed by atoms with E-state index in [1.165, 1.54) is 6.92 Å². The van der Waals surface area contributed by atoms with Crippen LogP contribution in [0.4, 0.5) is 5.69 Å². The summed E-state index contributed by atoms with van der Waals surface area (Å²) in [6.07, 6.45) is 5.64. The zero-order valence-electron chi connectivity index (χ0n) is 18.9. The fraction of sp³-hybridized carbons (Fsp3) is 0.346. The van der Waals surface area contributed by atoms with Crippen LogP contribution in [0.5, 0.6) is 0 Å². The number of nitrogens with one attached hydrogen (secondary N) is 3. The average molecular weight is 447 g/mol. The van der Waals surface area contributed by atoms with Gasteiger partial charge in [0.2, 0.25) is 17.7 Å². The van der Waals surface area contributed by atoms with Crippen molar-refractivity contribution in [2.75, 3.05) is 18.4 Å². The number of aromatic amines is 1. The van der Waals surface area contributed by atoms with E-state index in [9.17, 15) is 14.4 Å². The van der Waals surface area contributed by atoms with E-state index in [1.807, 2.05) is 59.6 Å². The summed E-state index contributed by atoms with van der Waals surface area (Å²) in [5.41, 5.74) is 3.67. The van der Waals surface area contributed by atoms with E-state index in [0.29, 0.717) is 24.9 Å². The van der Waals surface area contributed by atoms with Crippen LogP contribution in [0, 0.1) is 0 Å². The Morgan fingerprint density at radius 1 is 1.03 bits per heavy atom. The van der Waals surface area contributed by atoms with E-state index in [0.717, 1.165) is 48.0 Å². The summed E-state index contributed by atoms with van der Waals surface area (Å²) in [5.74, 6) is -0.319. The van der Waals surface area contributed by atoms with Crippen LogP contribution in [0.3, 0.4) is 0 Å². The molecule has 3 aromatic rings. The van der Waals surface area contributed by atoms with Crippen LogP contribution in [-0.2, 0) is 27.2 Å². The standard InChI is InChI=1S/C26H30N4O3/c1-18(31)28-24(16-20-17-27-23-7-3-2-6-22(20)23)26(33)29-21-11-8-19(9-12-21)10-13-25(32)30-14-4-5-15-30/h2-3,6-9,11-12,17,24,27H,4-5,10,13-16H2,1H3,(H,28,31)(H,29,33). The molecular formula is C26H30N4O3. The van der Waals surface area contributed by atoms with Crippen LogP contribution in [-0.4, -0.2) is 46.7 Å². The molecule has 1 aliphatic heterocycles. The van der Waals surface area contributed by atoms with Gasteiger partial charge in [0.1, 0.15) is 6.04 Å². The van der Waals surface area contributed by atoms with Gasteiger partial charge in [-0.1, -0.05) is 30.3 Å². The molecule has 1 unspecified atom stereocenters. The van der Waals surface area contributed by atoms with Gasteiger partial charge in [0.05, 0.1) is 0 Å². The molecule has 0 bridgehead atoms. The Labute approximate surface area is 193 Å². The van der Waals surface area contributed by atoms with Crippen molar-refractivity contribution >= 4 is 34.3 Å². The van der Waals surface area contributed by atoms with Gasteiger partial charge in [0.15, 0.2) is 0 Å². The fourth-order valence-corrected chi connectivity index (χ4v) is 4.34. The predicted molar refractivity (Wildman–Crippen MR) is 129 cm³/mol. The Kier molecular flexibility index (Phi) is 7.07. The molecule has 1 atom stereocenters. The minimum absolute atomic E-state index is 0.209. The Bertz CT molecular complexity index is 1130. The number of amides is 3. The normalized spacial score (nSPS) is 14.3. The Balaban J connectivity index is 1.37. The lowest BCUT2D eigenvalue weighted by Crippen LogP contribution is -2.44.